The molecule has 0 fully saturated rings. The maximum absolute atomic E-state index is 14.9. The fourth-order valence-electron chi connectivity index (χ4n) is 8.72. The third-order valence-corrected chi connectivity index (χ3v) is 28.0. The van der Waals surface area contributed by atoms with Crippen molar-refractivity contribution in [1.82, 2.24) is 10.2 Å². The Morgan fingerprint density at radius 2 is 1.57 bits per heavy atom. The molecule has 3 rings (SSSR count). The van der Waals surface area contributed by atoms with Crippen LogP contribution < -0.4 is 14.6 Å². The number of carbonyl (C=O) groups excluding carboxylic acids is 5. The number of ketones is 2. The first kappa shape index (κ1) is 53.2. The number of fused-ring (bicyclic) bond motifs is 2. The number of nitrogens with zero attached hydrogens (tertiary/aromatic N) is 1. The standard InChI is InChI=1S/C38H46N3O9.3C4H9.Sn/c1-8-17-40-32-27-18-22(2)19-31(49-7)33(43)24(4)20-25(5)35(50-38(39)47)30(48-6)16-12-13-23(3)36(45)41(28(34(27)44)21-29(32)42)37(46)26-14-10-9-11-15-26;3*1-3-4-2;/h8,10-16,20-22,24,30-31,33,35,40,43H,1,17-19H2,2-7H3,(H2,39,47);3*1,3-4H2,2H3;/b16-12-,23-13+,25-20+;;;;/t22-,24+,30+,31+,33-,35+;;;;/m1..../s1. The second-order valence-corrected chi connectivity index (χ2v) is 30.5. The number of Topliss-reactive ketones (excluding diaryl/α,β-unsaturated/α-hetero) is 1. The molecule has 2 aliphatic rings. The number of aliphatic hydroxyl groups is 1. The number of primary amides is 1. The van der Waals surface area contributed by atoms with Crippen molar-refractivity contribution < 1.29 is 43.3 Å². The van der Waals surface area contributed by atoms with Crippen LogP contribution in [0.2, 0.25) is 13.3 Å². The molecule has 12 nitrogen and oxygen atoms in total. The van der Waals surface area contributed by atoms with Crippen LogP contribution in [0.5, 0.6) is 0 Å². The van der Waals surface area contributed by atoms with Crippen LogP contribution in [0.15, 0.2) is 95.4 Å². The van der Waals surface area contributed by atoms with E-state index in [1.165, 1.54) is 69.4 Å². The summed E-state index contributed by atoms with van der Waals surface area (Å²) in [7, 11) is 2.91. The van der Waals surface area contributed by atoms with Gasteiger partial charge in [-0.2, -0.15) is 0 Å². The molecule has 0 saturated heterocycles. The number of ether oxygens (including phenoxy) is 3. The summed E-state index contributed by atoms with van der Waals surface area (Å²) in [6.45, 7) is 17.5. The number of imide groups is 1. The Bertz CT molecular complexity index is 1910. The van der Waals surface area contributed by atoms with Crippen LogP contribution in [0.4, 0.5) is 4.79 Å². The van der Waals surface area contributed by atoms with Gasteiger partial charge in [-0.25, -0.2) is 4.79 Å². The molecule has 1 heterocycles. The van der Waals surface area contributed by atoms with Crippen LogP contribution in [0, 0.1) is 11.8 Å². The quantitative estimate of drug-likeness (QED) is 0.0599. The Morgan fingerprint density at radius 3 is 2.10 bits per heavy atom. The first-order valence-corrected chi connectivity index (χ1v) is 30.1. The summed E-state index contributed by atoms with van der Waals surface area (Å²) >= 11 is -2.90. The van der Waals surface area contributed by atoms with E-state index in [2.05, 4.69) is 44.8 Å². The van der Waals surface area contributed by atoms with E-state index >= 15 is 0 Å². The van der Waals surface area contributed by atoms with E-state index in [9.17, 15) is 29.1 Å². The minimum absolute atomic E-state index is 0.0587. The van der Waals surface area contributed by atoms with Crippen molar-refractivity contribution in [3.05, 3.63) is 101 Å². The summed E-state index contributed by atoms with van der Waals surface area (Å²) in [5.74, 6) is -3.59. The van der Waals surface area contributed by atoms with Gasteiger partial charge < -0.3 is 25.1 Å². The average molecular weight is 979 g/mol. The van der Waals surface area contributed by atoms with Gasteiger partial charge in [0.25, 0.3) is 0 Å². The van der Waals surface area contributed by atoms with Gasteiger partial charge in [-0.1, -0.05) is 19.1 Å². The van der Waals surface area contributed by atoms with Crippen LogP contribution in [-0.2, 0) is 28.6 Å². The first-order valence-electron chi connectivity index (χ1n) is 22.6. The van der Waals surface area contributed by atoms with Gasteiger partial charge in [0.1, 0.15) is 0 Å². The van der Waals surface area contributed by atoms with Crippen molar-refractivity contribution in [3.8, 4) is 0 Å². The van der Waals surface area contributed by atoms with Crippen molar-refractivity contribution in [2.75, 3.05) is 20.8 Å². The Balaban J connectivity index is 2.31. The molecule has 1 aromatic carbocycles. The van der Waals surface area contributed by atoms with Crippen molar-refractivity contribution >= 4 is 51.4 Å². The fraction of sp³-hybridized carbons (Fsp3) is 0.540. The van der Waals surface area contributed by atoms with Gasteiger partial charge in [0, 0.05) is 20.1 Å². The first-order chi connectivity index (χ1) is 30.0. The van der Waals surface area contributed by atoms with Crippen LogP contribution in [0.3, 0.4) is 0 Å². The Kier molecular flexibility index (Phi) is 22.0. The molecule has 1 aromatic rings. The molecule has 13 heteroatoms. The number of methoxy groups -OCH3 is 2. The molecule has 0 unspecified atom stereocenters. The van der Waals surface area contributed by atoms with E-state index in [-0.39, 0.29) is 53.4 Å². The number of carbonyl (C=O) groups is 5. The number of allylic oxidation sites excluding steroid dienone is 4. The van der Waals surface area contributed by atoms with E-state index in [4.69, 9.17) is 19.9 Å². The van der Waals surface area contributed by atoms with Gasteiger partial charge in [-0.15, -0.1) is 6.58 Å². The summed E-state index contributed by atoms with van der Waals surface area (Å²) in [6.07, 6.45) is 11.5. The minimum atomic E-state index is -2.90. The van der Waals surface area contributed by atoms with E-state index in [0.717, 1.165) is 30.2 Å². The maximum atomic E-state index is 14.9. The summed E-state index contributed by atoms with van der Waals surface area (Å²) in [4.78, 5) is 71.5. The molecule has 1 aliphatic heterocycles. The number of rotatable bonds is 17. The van der Waals surface area contributed by atoms with Gasteiger partial charge in [-0.05, 0) is 12.5 Å². The summed E-state index contributed by atoms with van der Waals surface area (Å²) < 4.78 is 22.1. The predicted octanol–water partition coefficient (Wildman–Crippen LogP) is 8.15. The van der Waals surface area contributed by atoms with Gasteiger partial charge in [0.2, 0.25) is 0 Å². The number of nitrogens with one attached hydrogen (secondary N) is 1. The van der Waals surface area contributed by atoms with E-state index in [1.807, 2.05) is 6.92 Å². The summed E-state index contributed by atoms with van der Waals surface area (Å²) in [5, 5.41) is 14.6. The zero-order chi connectivity index (χ0) is 46.9. The van der Waals surface area contributed by atoms with Crippen molar-refractivity contribution in [3.63, 3.8) is 0 Å². The molecule has 6 atom stereocenters. The third-order valence-electron chi connectivity index (χ3n) is 12.3. The molecule has 346 valence electrons. The zero-order valence-corrected chi connectivity index (χ0v) is 42.0. The molecule has 0 spiro atoms. The molecular weight excluding hydrogens is 905 g/mol. The van der Waals surface area contributed by atoms with E-state index in [0.29, 0.717) is 5.57 Å². The summed E-state index contributed by atoms with van der Waals surface area (Å²) in [5.41, 5.74) is 6.14. The second-order valence-electron chi connectivity index (χ2n) is 17.2. The molecule has 4 N–H and O–H groups in total. The third kappa shape index (κ3) is 14.2. The fourth-order valence-corrected chi connectivity index (χ4v) is 24.7. The number of amides is 3. The van der Waals surface area contributed by atoms with Crippen LogP contribution >= 0.6 is 0 Å². The number of benzene rings is 1. The van der Waals surface area contributed by atoms with Crippen molar-refractivity contribution in [1.29, 1.82) is 0 Å². The molecular formula is C50H73N3O9Sn. The van der Waals surface area contributed by atoms with Crippen molar-refractivity contribution in [2.45, 2.75) is 138 Å². The molecule has 3 amide bonds. The SMILES string of the molecule is C=CCNC1=C2C[C@@H](C)C[C@H](OC)[C@H](O)[C@@H](C)/C=C(\C)[C@H](OC(N)=O)[C@@H](OC)/C=C\C=C(/C)C(=O)N(C(=O)c3cc[c]([Sn]([CH2]CCC)([CH2]CCC)[CH2]CCC)cc3)C(=CC1=O)C2=O. The number of hydrogen-bond acceptors (Lipinski definition) is 10. The topological polar surface area (TPSA) is 175 Å². The molecule has 1 aliphatic carbocycles. The van der Waals surface area contributed by atoms with Gasteiger partial charge in [0.05, 0.1) is 12.2 Å². The molecule has 0 aromatic heterocycles. The number of nitrogens with two attached hydrogens (primary N) is 1. The molecule has 0 saturated carbocycles. The molecule has 0 radical (unpaired) electrons. The molecule has 63 heavy (non-hydrogen) atoms. The molecule has 2 bridgehead atoms. The van der Waals surface area contributed by atoms with Gasteiger partial charge >= 0.3 is 275 Å². The van der Waals surface area contributed by atoms with Crippen molar-refractivity contribution in [2.24, 2.45) is 17.6 Å². The van der Waals surface area contributed by atoms with Gasteiger partial charge in [0.15, 0.2) is 6.10 Å². The normalized spacial score (nSPS) is 25.4. The number of hydrogen-bond donors (Lipinski definition) is 3. The van der Waals surface area contributed by atoms with Crippen LogP contribution in [0.1, 0.15) is 110 Å². The van der Waals surface area contributed by atoms with Crippen LogP contribution in [-0.4, -0.2) is 103 Å². The van der Waals surface area contributed by atoms with E-state index < -0.39 is 78.2 Å². The number of unbranched alkanes of at least 4 members (excludes halogenated alkanes) is 3. The Morgan fingerprint density at radius 1 is 0.968 bits per heavy atom. The second kappa shape index (κ2) is 26.0. The summed E-state index contributed by atoms with van der Waals surface area (Å²) in [6, 6.07) is 7.69. The van der Waals surface area contributed by atoms with Gasteiger partial charge in [-0.3, -0.25) is 0 Å². The van der Waals surface area contributed by atoms with Crippen LogP contribution in [0.25, 0.3) is 0 Å². The van der Waals surface area contributed by atoms with E-state index in [1.54, 1.807) is 44.2 Å². The number of aliphatic hydroxyl groups excluding tert-OH is 1. The zero-order valence-electron chi connectivity index (χ0n) is 39.2. The monoisotopic (exact) mass is 979 g/mol. The average Bonchev–Trinajstić information content (AvgIpc) is 3.26. The Hall–Kier alpha value is -4.11. The Labute approximate surface area is 380 Å². The predicted molar refractivity (Wildman–Crippen MR) is 252 cm³/mol.